The van der Waals surface area contributed by atoms with Crippen LogP contribution in [0.15, 0.2) is 36.5 Å². The van der Waals surface area contributed by atoms with Crippen molar-refractivity contribution < 1.29 is 24.5 Å². The molecule has 0 bridgehead atoms. The summed E-state index contributed by atoms with van der Waals surface area (Å²) in [5.74, 6) is -0.0749. The average molecular weight is 858 g/mol. The summed E-state index contributed by atoms with van der Waals surface area (Å²) in [6.45, 7) is 4.80. The van der Waals surface area contributed by atoms with Crippen molar-refractivity contribution in [3.05, 3.63) is 36.5 Å². The van der Waals surface area contributed by atoms with Gasteiger partial charge in [-0.1, -0.05) is 243 Å². The molecular formula is C55H103NO5. The molecule has 2 unspecified atom stereocenters. The van der Waals surface area contributed by atoms with Crippen molar-refractivity contribution in [3.8, 4) is 0 Å². The molecule has 1 amide bonds. The Morgan fingerprint density at radius 2 is 0.852 bits per heavy atom. The third-order valence-corrected chi connectivity index (χ3v) is 12.1. The molecule has 0 fully saturated rings. The number of amides is 1. The minimum atomic E-state index is -0.842. The van der Waals surface area contributed by atoms with E-state index >= 15 is 0 Å². The van der Waals surface area contributed by atoms with Crippen LogP contribution in [0.5, 0.6) is 0 Å². The van der Waals surface area contributed by atoms with Crippen molar-refractivity contribution in [1.82, 2.24) is 5.32 Å². The quantitative estimate of drug-likeness (QED) is 0.0322. The number of carbonyl (C=O) groups is 2. The highest BCUT2D eigenvalue weighted by Crippen LogP contribution is 2.16. The molecule has 0 heterocycles. The molecule has 0 aromatic rings. The summed E-state index contributed by atoms with van der Waals surface area (Å²) in [5, 5.41) is 22.9. The summed E-state index contributed by atoms with van der Waals surface area (Å²) >= 11 is 0. The van der Waals surface area contributed by atoms with Gasteiger partial charge in [-0.15, -0.1) is 0 Å². The molecule has 6 nitrogen and oxygen atoms in total. The Morgan fingerprint density at radius 3 is 1.31 bits per heavy atom. The van der Waals surface area contributed by atoms with E-state index in [1.54, 1.807) is 6.08 Å². The van der Waals surface area contributed by atoms with Gasteiger partial charge in [-0.25, -0.2) is 0 Å². The standard InChI is InChI=1S/C55H103NO5/c1-3-5-7-9-11-13-14-25-29-33-37-41-45-49-55(60)61-50-46-42-38-34-30-27-24-22-20-18-16-15-17-19-21-23-26-28-32-36-40-44-48-54(59)56-52(51-57)53(58)47-43-39-35-31-12-10-8-6-4-2/h7,9,13-14,43,47,52-53,57-58H,3-6,8,10-12,15-42,44-46,48-51H2,1-2H3,(H,56,59)/b9-7-,14-13-,47-43+. The van der Waals surface area contributed by atoms with Crippen molar-refractivity contribution in [2.45, 2.75) is 289 Å². The van der Waals surface area contributed by atoms with Crippen LogP contribution in [0, 0.1) is 0 Å². The first-order valence-electron chi connectivity index (χ1n) is 26.8. The van der Waals surface area contributed by atoms with Gasteiger partial charge >= 0.3 is 5.97 Å². The Hall–Kier alpha value is -1.92. The number of rotatable bonds is 49. The lowest BCUT2D eigenvalue weighted by molar-refractivity contribution is -0.143. The smallest absolute Gasteiger partial charge is 0.305 e. The SMILES string of the molecule is CCC/C=C\C/C=C\CCCCCCCC(=O)OCCCCCCCCCCCCCCCCCCCCCCCCC(=O)NC(CO)C(O)/C=C/CCCCCCCCC. The molecule has 0 aliphatic carbocycles. The number of unbranched alkanes of at least 4 members (excludes halogenated alkanes) is 34. The highest BCUT2D eigenvalue weighted by atomic mass is 16.5. The molecule has 0 saturated carbocycles. The molecule has 0 aliphatic rings. The summed E-state index contributed by atoms with van der Waals surface area (Å²) in [6.07, 6.45) is 61.7. The number of aliphatic hydroxyl groups excluding tert-OH is 2. The average Bonchev–Trinajstić information content (AvgIpc) is 3.26. The molecule has 0 aromatic carbocycles. The fraction of sp³-hybridized carbons (Fsp3) is 0.855. The summed E-state index contributed by atoms with van der Waals surface area (Å²) in [6, 6.07) is -0.626. The first-order chi connectivity index (χ1) is 30.0. The second kappa shape index (κ2) is 50.7. The van der Waals surface area contributed by atoms with Gasteiger partial charge in [0.05, 0.1) is 25.4 Å². The van der Waals surface area contributed by atoms with Gasteiger partial charge in [0, 0.05) is 12.8 Å². The van der Waals surface area contributed by atoms with Crippen molar-refractivity contribution in [3.63, 3.8) is 0 Å². The summed E-state index contributed by atoms with van der Waals surface area (Å²) < 4.78 is 5.46. The van der Waals surface area contributed by atoms with E-state index in [4.69, 9.17) is 4.74 Å². The van der Waals surface area contributed by atoms with E-state index in [9.17, 15) is 19.8 Å². The van der Waals surface area contributed by atoms with Crippen LogP contribution in [0.1, 0.15) is 277 Å². The molecule has 6 heteroatoms. The molecule has 2 atom stereocenters. The van der Waals surface area contributed by atoms with Crippen molar-refractivity contribution in [2.24, 2.45) is 0 Å². The van der Waals surface area contributed by atoms with E-state index in [2.05, 4.69) is 43.5 Å². The zero-order valence-corrected chi connectivity index (χ0v) is 40.6. The molecule has 0 spiro atoms. The zero-order valence-electron chi connectivity index (χ0n) is 40.6. The molecule has 61 heavy (non-hydrogen) atoms. The number of allylic oxidation sites excluding steroid dienone is 5. The van der Waals surface area contributed by atoms with Gasteiger partial charge in [-0.2, -0.15) is 0 Å². The van der Waals surface area contributed by atoms with Crippen LogP contribution in [-0.4, -0.2) is 47.4 Å². The fourth-order valence-electron chi connectivity index (χ4n) is 8.02. The number of carbonyl (C=O) groups excluding carboxylic acids is 2. The lowest BCUT2D eigenvalue weighted by Gasteiger charge is -2.20. The lowest BCUT2D eigenvalue weighted by atomic mass is 10.0. The van der Waals surface area contributed by atoms with E-state index in [1.807, 2.05) is 6.08 Å². The van der Waals surface area contributed by atoms with E-state index in [0.717, 1.165) is 51.4 Å². The normalized spacial score (nSPS) is 12.9. The molecule has 3 N–H and O–H groups in total. The van der Waals surface area contributed by atoms with Crippen molar-refractivity contribution in [1.29, 1.82) is 0 Å². The Kier molecular flexibility index (Phi) is 49.1. The van der Waals surface area contributed by atoms with Crippen LogP contribution >= 0.6 is 0 Å². The number of aliphatic hydroxyl groups is 2. The predicted octanol–water partition coefficient (Wildman–Crippen LogP) is 16.1. The van der Waals surface area contributed by atoms with Crippen LogP contribution in [-0.2, 0) is 14.3 Å². The van der Waals surface area contributed by atoms with E-state index in [1.165, 1.54) is 199 Å². The number of esters is 1. The Bertz CT molecular complexity index is 993. The number of hydrogen-bond donors (Lipinski definition) is 3. The summed E-state index contributed by atoms with van der Waals surface area (Å²) in [7, 11) is 0. The second-order valence-electron chi connectivity index (χ2n) is 18.2. The third kappa shape index (κ3) is 47.4. The van der Waals surface area contributed by atoms with Gasteiger partial charge in [-0.05, 0) is 57.8 Å². The largest absolute Gasteiger partial charge is 0.466 e. The third-order valence-electron chi connectivity index (χ3n) is 12.1. The van der Waals surface area contributed by atoms with Gasteiger partial charge in [-0.3, -0.25) is 9.59 Å². The molecular weight excluding hydrogens is 755 g/mol. The molecule has 0 saturated heterocycles. The number of hydrogen-bond acceptors (Lipinski definition) is 5. The van der Waals surface area contributed by atoms with Crippen LogP contribution in [0.25, 0.3) is 0 Å². The van der Waals surface area contributed by atoms with Crippen molar-refractivity contribution in [2.75, 3.05) is 13.2 Å². The minimum absolute atomic E-state index is 0.00342. The highest BCUT2D eigenvalue weighted by molar-refractivity contribution is 5.76. The van der Waals surface area contributed by atoms with Crippen molar-refractivity contribution >= 4 is 11.9 Å². The fourth-order valence-corrected chi connectivity index (χ4v) is 8.02. The lowest BCUT2D eigenvalue weighted by Crippen LogP contribution is -2.45. The zero-order chi connectivity index (χ0) is 44.4. The van der Waals surface area contributed by atoms with Gasteiger partial charge < -0.3 is 20.3 Å². The Morgan fingerprint density at radius 1 is 0.459 bits per heavy atom. The topological polar surface area (TPSA) is 95.9 Å². The first-order valence-corrected chi connectivity index (χ1v) is 26.8. The van der Waals surface area contributed by atoms with E-state index in [0.29, 0.717) is 19.4 Å². The van der Waals surface area contributed by atoms with Crippen LogP contribution in [0.3, 0.4) is 0 Å². The molecule has 0 radical (unpaired) electrons. The second-order valence-corrected chi connectivity index (χ2v) is 18.2. The van der Waals surface area contributed by atoms with Crippen LogP contribution < -0.4 is 5.32 Å². The number of ether oxygens (including phenoxy) is 1. The Labute approximate surface area is 379 Å². The maximum Gasteiger partial charge on any atom is 0.305 e. The van der Waals surface area contributed by atoms with Gasteiger partial charge in [0.25, 0.3) is 0 Å². The van der Waals surface area contributed by atoms with Crippen LogP contribution in [0.2, 0.25) is 0 Å². The summed E-state index contributed by atoms with van der Waals surface area (Å²) in [5.41, 5.74) is 0. The van der Waals surface area contributed by atoms with Gasteiger partial charge in [0.15, 0.2) is 0 Å². The summed E-state index contributed by atoms with van der Waals surface area (Å²) in [4.78, 5) is 24.4. The molecule has 0 aliphatic heterocycles. The molecule has 358 valence electrons. The van der Waals surface area contributed by atoms with Gasteiger partial charge in [0.2, 0.25) is 5.91 Å². The molecule has 0 rings (SSSR count). The number of nitrogens with one attached hydrogen (secondary N) is 1. The maximum atomic E-state index is 12.4. The highest BCUT2D eigenvalue weighted by Gasteiger charge is 2.18. The molecule has 0 aromatic heterocycles. The van der Waals surface area contributed by atoms with Crippen LogP contribution in [0.4, 0.5) is 0 Å². The van der Waals surface area contributed by atoms with E-state index in [-0.39, 0.29) is 18.5 Å². The maximum absolute atomic E-state index is 12.4. The minimum Gasteiger partial charge on any atom is -0.466 e. The predicted molar refractivity (Wildman–Crippen MR) is 264 cm³/mol. The van der Waals surface area contributed by atoms with E-state index < -0.39 is 12.1 Å². The monoisotopic (exact) mass is 858 g/mol. The van der Waals surface area contributed by atoms with Gasteiger partial charge in [0.1, 0.15) is 0 Å². The first kappa shape index (κ1) is 59.1. The Balaban J connectivity index is 3.38.